The number of ether oxygens (including phenoxy) is 1. The average molecular weight is 544 g/mol. The highest BCUT2D eigenvalue weighted by Crippen LogP contribution is 3.02. The number of aliphatic hydroxyl groups is 1. The molecule has 2 aromatic rings. The number of carbonyl (C=O) groups excluding carboxylic acids is 1. The van der Waals surface area contributed by atoms with E-state index in [9.17, 15) is 37.7 Å². The van der Waals surface area contributed by atoms with Crippen LogP contribution >= 0.6 is 10.2 Å². The number of anilines is 1. The van der Waals surface area contributed by atoms with Gasteiger partial charge in [0.2, 0.25) is 10.0 Å². The first-order chi connectivity index (χ1) is 15.9. The number of carbonyl (C=O) groups is 1. The molecule has 0 spiro atoms. The number of fused-ring (bicyclic) bond motifs is 1. The molecule has 1 saturated heterocycles. The molecule has 2 atom stereocenters. The van der Waals surface area contributed by atoms with Gasteiger partial charge in [0.15, 0.2) is 0 Å². The van der Waals surface area contributed by atoms with Crippen LogP contribution in [0.5, 0.6) is 5.75 Å². The van der Waals surface area contributed by atoms with E-state index in [-0.39, 0.29) is 37.4 Å². The summed E-state index contributed by atoms with van der Waals surface area (Å²) >= 11 is 0. The molecule has 4 rings (SSSR count). The molecule has 0 aromatic heterocycles. The van der Waals surface area contributed by atoms with Crippen molar-refractivity contribution in [2.24, 2.45) is 0 Å². The second kappa shape index (κ2) is 7.69. The second-order valence-electron chi connectivity index (χ2n) is 8.50. The minimum Gasteiger partial charge on any atom is -0.485 e. The molecule has 0 radical (unpaired) electrons. The molecular formula is C20H22F5N3O5S2. The van der Waals surface area contributed by atoms with E-state index in [1.54, 1.807) is 24.3 Å². The Morgan fingerprint density at radius 3 is 2.37 bits per heavy atom. The molecule has 1 aliphatic heterocycles. The average Bonchev–Trinajstić information content (AvgIpc) is 2.98. The van der Waals surface area contributed by atoms with Gasteiger partial charge in [0.25, 0.3) is 0 Å². The molecule has 3 N–H and O–H groups in total. The standard InChI is InChI=1S/C20H22F5N3O5S2/c1-34(31,32)28-10-13(11-28)33-18-7-6-14(35(21,22,23,24)25)9-16(18)26-20(30)27-17-8-12-4-2-3-5-15(12)19(17)29/h2-7,9,13,17,19,29H,8,10-11H2,1H3,(H2,26,27,30)/t17-,19+/m1/s1. The van der Waals surface area contributed by atoms with Crippen molar-refractivity contribution in [2.75, 3.05) is 24.7 Å². The summed E-state index contributed by atoms with van der Waals surface area (Å²) in [5, 5.41) is 14.9. The summed E-state index contributed by atoms with van der Waals surface area (Å²) in [5.41, 5.74) is 0.679. The number of urea groups is 1. The third-order valence-corrected chi connectivity index (χ3v) is 8.11. The van der Waals surface area contributed by atoms with Crippen molar-refractivity contribution < 1.29 is 42.5 Å². The highest BCUT2D eigenvalue weighted by molar-refractivity contribution is 8.45. The Bertz CT molecular complexity index is 1290. The predicted octanol–water partition coefficient (Wildman–Crippen LogP) is 4.15. The number of benzene rings is 2. The van der Waals surface area contributed by atoms with Crippen LogP contribution < -0.4 is 15.4 Å². The van der Waals surface area contributed by atoms with Gasteiger partial charge in [-0.3, -0.25) is 0 Å². The number of aliphatic hydroxyl groups excluding tert-OH is 1. The largest absolute Gasteiger partial charge is 0.485 e. The van der Waals surface area contributed by atoms with Crippen molar-refractivity contribution in [3.05, 3.63) is 53.6 Å². The number of amides is 2. The van der Waals surface area contributed by atoms with E-state index in [4.69, 9.17) is 4.74 Å². The zero-order chi connectivity index (χ0) is 25.9. The van der Waals surface area contributed by atoms with Gasteiger partial charge in [-0.15, -0.1) is 0 Å². The lowest BCUT2D eigenvalue weighted by molar-refractivity contribution is 0.0773. The molecule has 0 unspecified atom stereocenters. The maximum absolute atomic E-state index is 13.4. The minimum absolute atomic E-state index is 0.0727. The molecule has 0 bridgehead atoms. The number of hydrogen-bond acceptors (Lipinski definition) is 5. The number of nitrogens with zero attached hydrogens (tertiary/aromatic N) is 1. The van der Waals surface area contributed by atoms with Crippen molar-refractivity contribution in [3.8, 4) is 5.75 Å². The van der Waals surface area contributed by atoms with Crippen LogP contribution in [-0.2, 0) is 16.4 Å². The van der Waals surface area contributed by atoms with E-state index in [0.29, 0.717) is 11.6 Å². The zero-order valence-corrected chi connectivity index (χ0v) is 19.8. The molecule has 2 amide bonds. The summed E-state index contributed by atoms with van der Waals surface area (Å²) < 4.78 is 96.4. The maximum Gasteiger partial charge on any atom is 0.319 e. The van der Waals surface area contributed by atoms with E-state index in [1.807, 2.05) is 0 Å². The van der Waals surface area contributed by atoms with Gasteiger partial charge < -0.3 is 20.5 Å². The lowest BCUT2D eigenvalue weighted by atomic mass is 10.1. The molecule has 2 aliphatic rings. The van der Waals surface area contributed by atoms with Crippen LogP contribution in [0.1, 0.15) is 17.2 Å². The third-order valence-electron chi connectivity index (χ3n) is 5.73. The summed E-state index contributed by atoms with van der Waals surface area (Å²) in [4.78, 5) is 10.3. The molecule has 35 heavy (non-hydrogen) atoms. The van der Waals surface area contributed by atoms with E-state index >= 15 is 0 Å². The summed E-state index contributed by atoms with van der Waals surface area (Å²) in [7, 11) is -13.6. The molecule has 1 heterocycles. The molecule has 194 valence electrons. The van der Waals surface area contributed by atoms with E-state index in [1.165, 1.54) is 0 Å². The molecule has 15 heteroatoms. The monoisotopic (exact) mass is 543 g/mol. The molecule has 1 aliphatic carbocycles. The Hall–Kier alpha value is -2.62. The van der Waals surface area contributed by atoms with Crippen molar-refractivity contribution >= 4 is 32.0 Å². The van der Waals surface area contributed by atoms with Crippen LogP contribution in [0.15, 0.2) is 47.4 Å². The summed E-state index contributed by atoms with van der Waals surface area (Å²) in [6.45, 7) is -0.194. The SMILES string of the molecule is CS(=O)(=O)N1CC(Oc2ccc(S(F)(F)(F)(F)F)cc2NC(=O)N[C@@H]2Cc3ccccc3[C@@H]2O)C1. The van der Waals surface area contributed by atoms with E-state index in [0.717, 1.165) is 16.1 Å². The van der Waals surface area contributed by atoms with Gasteiger partial charge in [-0.2, -0.15) is 4.31 Å². The van der Waals surface area contributed by atoms with Gasteiger partial charge in [0, 0.05) is 0 Å². The molecule has 2 aromatic carbocycles. The normalized spacial score (nSPS) is 22.9. The lowest BCUT2D eigenvalue weighted by Gasteiger charge is -2.41. The van der Waals surface area contributed by atoms with Crippen molar-refractivity contribution in [3.63, 3.8) is 0 Å². The van der Waals surface area contributed by atoms with Gasteiger partial charge in [0.1, 0.15) is 16.7 Å². The van der Waals surface area contributed by atoms with Gasteiger partial charge in [0.05, 0.1) is 37.2 Å². The fourth-order valence-corrected chi connectivity index (χ4v) is 5.45. The fourth-order valence-electron chi connectivity index (χ4n) is 3.91. The molecule has 0 saturated carbocycles. The first-order valence-corrected chi connectivity index (χ1v) is 14.0. The highest BCUT2D eigenvalue weighted by Gasteiger charge is 2.65. The highest BCUT2D eigenvalue weighted by atomic mass is 32.5. The van der Waals surface area contributed by atoms with Crippen LogP contribution in [-0.4, -0.2) is 55.4 Å². The molecule has 8 nitrogen and oxygen atoms in total. The van der Waals surface area contributed by atoms with Crippen molar-refractivity contribution in [1.82, 2.24) is 9.62 Å². The van der Waals surface area contributed by atoms with E-state index in [2.05, 4.69) is 10.6 Å². The second-order valence-corrected chi connectivity index (χ2v) is 12.9. The van der Waals surface area contributed by atoms with Gasteiger partial charge in [-0.05, 0) is 35.7 Å². The zero-order valence-electron chi connectivity index (χ0n) is 18.1. The van der Waals surface area contributed by atoms with Gasteiger partial charge in [-0.25, -0.2) is 13.2 Å². The van der Waals surface area contributed by atoms with Gasteiger partial charge >= 0.3 is 16.3 Å². The Kier molecular flexibility index (Phi) is 5.59. The van der Waals surface area contributed by atoms with Crippen LogP contribution in [0.25, 0.3) is 0 Å². The Morgan fingerprint density at radius 2 is 1.77 bits per heavy atom. The Labute approximate surface area is 197 Å². The summed E-state index contributed by atoms with van der Waals surface area (Å²) in [6, 6.07) is 5.88. The fraction of sp³-hybridized carbons (Fsp3) is 0.350. The summed E-state index contributed by atoms with van der Waals surface area (Å²) in [6.07, 6.45) is -0.603. The topological polar surface area (TPSA) is 108 Å². The first kappa shape index (κ1) is 25.5. The first-order valence-electron chi connectivity index (χ1n) is 10.2. The van der Waals surface area contributed by atoms with Crippen molar-refractivity contribution in [2.45, 2.75) is 29.6 Å². The number of rotatable bonds is 6. The Morgan fingerprint density at radius 1 is 1.11 bits per heavy atom. The quantitative estimate of drug-likeness (QED) is 0.475. The lowest BCUT2D eigenvalue weighted by Crippen LogP contribution is -2.55. The minimum atomic E-state index is -10.1. The predicted molar refractivity (Wildman–Crippen MR) is 120 cm³/mol. The number of hydrogen-bond donors (Lipinski definition) is 3. The van der Waals surface area contributed by atoms with E-state index < -0.39 is 55.1 Å². The number of nitrogens with one attached hydrogen (secondary N) is 2. The smallest absolute Gasteiger partial charge is 0.319 e. The van der Waals surface area contributed by atoms with Crippen LogP contribution in [0.2, 0.25) is 0 Å². The third kappa shape index (κ3) is 5.63. The molecular weight excluding hydrogens is 521 g/mol. The van der Waals surface area contributed by atoms with Crippen LogP contribution in [0, 0.1) is 0 Å². The number of sulfonamides is 1. The Balaban J connectivity index is 1.54. The summed E-state index contributed by atoms with van der Waals surface area (Å²) in [5.74, 6) is -0.348. The maximum atomic E-state index is 13.4. The van der Waals surface area contributed by atoms with Gasteiger partial charge in [-0.1, -0.05) is 43.7 Å². The van der Waals surface area contributed by atoms with Crippen LogP contribution in [0.4, 0.5) is 29.9 Å². The molecule has 1 fully saturated rings. The number of halogens is 5. The van der Waals surface area contributed by atoms with Crippen molar-refractivity contribution in [1.29, 1.82) is 0 Å². The van der Waals surface area contributed by atoms with Crippen LogP contribution in [0.3, 0.4) is 0 Å².